The lowest BCUT2D eigenvalue weighted by Gasteiger charge is -2.34. The van der Waals surface area contributed by atoms with E-state index < -0.39 is 5.54 Å². The number of esters is 1. The third-order valence-electron chi connectivity index (χ3n) is 10.3. The van der Waals surface area contributed by atoms with Gasteiger partial charge in [-0.1, -0.05) is 127 Å². The molecule has 1 aliphatic heterocycles. The predicted molar refractivity (Wildman–Crippen MR) is 204 cm³/mol. The molecule has 0 amide bonds. The molecule has 0 bridgehead atoms. The lowest BCUT2D eigenvalue weighted by molar-refractivity contribution is -0.136. The molecule has 0 saturated heterocycles. The van der Waals surface area contributed by atoms with Crippen LogP contribution in [0.5, 0.6) is 0 Å². The molecule has 1 N–H and O–H groups in total. The number of methoxy groups -OCH3 is 1. The van der Waals surface area contributed by atoms with Gasteiger partial charge in [0.2, 0.25) is 5.82 Å². The van der Waals surface area contributed by atoms with Crippen LogP contribution < -0.4 is 10.2 Å². The number of dihydropyridines is 1. The highest BCUT2D eigenvalue weighted by Gasteiger charge is 2.41. The number of nitrogens with one attached hydrogen (secondary N) is 1. The standard InChI is InChI=1S/C44H40N6O2/c1-30-40(43(51)52-3)41(38-24-15-25-39(38)45-30)49(2)35-28-26-31(27-29-35)36-22-13-14-23-37(36)42-46-48-50(47-42)44(32-16-7-4-8-17-32,33-18-9-5-10-19-33)34-20-11-6-12-21-34/h4-14,16-23,26-30,45H,15,24-25H2,1-3H3. The fourth-order valence-electron chi connectivity index (χ4n) is 7.90. The molecule has 0 spiro atoms. The van der Waals surface area contributed by atoms with Crippen LogP contribution in [0.15, 0.2) is 162 Å². The van der Waals surface area contributed by atoms with Crippen LogP contribution in [-0.4, -0.2) is 46.4 Å². The summed E-state index contributed by atoms with van der Waals surface area (Å²) in [4.78, 5) is 16.9. The van der Waals surface area contributed by atoms with E-state index in [2.05, 4.69) is 76.9 Å². The van der Waals surface area contributed by atoms with E-state index in [0.29, 0.717) is 11.4 Å². The van der Waals surface area contributed by atoms with E-state index in [0.717, 1.165) is 64.0 Å². The van der Waals surface area contributed by atoms with Gasteiger partial charge in [-0.3, -0.25) is 0 Å². The number of allylic oxidation sites excluding steroid dienone is 2. The highest BCUT2D eigenvalue weighted by Crippen LogP contribution is 2.42. The van der Waals surface area contributed by atoms with E-state index in [1.54, 1.807) is 4.80 Å². The molecule has 5 aromatic carbocycles. The second-order valence-corrected chi connectivity index (χ2v) is 13.3. The van der Waals surface area contributed by atoms with Gasteiger partial charge in [-0.15, -0.1) is 15.0 Å². The zero-order valence-corrected chi connectivity index (χ0v) is 29.5. The number of likely N-dealkylation sites (N-methyl/N-ethyl adjacent to an activating group) is 1. The number of tetrazole rings is 1. The van der Waals surface area contributed by atoms with Crippen molar-refractivity contribution in [3.05, 3.63) is 179 Å². The summed E-state index contributed by atoms with van der Waals surface area (Å²) in [6, 6.07) is 47.5. The van der Waals surface area contributed by atoms with E-state index in [1.165, 1.54) is 18.4 Å². The Bertz CT molecular complexity index is 2180. The van der Waals surface area contributed by atoms with Gasteiger partial charge in [0.1, 0.15) is 0 Å². The Morgan fingerprint density at radius 2 is 1.33 bits per heavy atom. The van der Waals surface area contributed by atoms with Gasteiger partial charge in [-0.05, 0) is 76.9 Å². The summed E-state index contributed by atoms with van der Waals surface area (Å²) in [5, 5.41) is 18.2. The number of nitrogens with zero attached hydrogens (tertiary/aromatic N) is 5. The summed E-state index contributed by atoms with van der Waals surface area (Å²) in [7, 11) is 3.48. The Morgan fingerprint density at radius 1 is 0.769 bits per heavy atom. The summed E-state index contributed by atoms with van der Waals surface area (Å²) < 4.78 is 5.25. The predicted octanol–water partition coefficient (Wildman–Crippen LogP) is 8.14. The molecule has 1 aliphatic carbocycles. The average molecular weight is 685 g/mol. The third-order valence-corrected chi connectivity index (χ3v) is 10.3. The van der Waals surface area contributed by atoms with Gasteiger partial charge in [-0.2, -0.15) is 0 Å². The van der Waals surface area contributed by atoms with Gasteiger partial charge < -0.3 is 15.0 Å². The first-order valence-electron chi connectivity index (χ1n) is 17.7. The first-order valence-corrected chi connectivity index (χ1v) is 17.7. The van der Waals surface area contributed by atoms with Gasteiger partial charge >= 0.3 is 5.97 Å². The molecular formula is C44H40N6O2. The van der Waals surface area contributed by atoms with Crippen molar-refractivity contribution < 1.29 is 9.53 Å². The fourth-order valence-corrected chi connectivity index (χ4v) is 7.90. The number of carbonyl (C=O) groups excluding carboxylic acids is 1. The molecule has 6 aromatic rings. The molecule has 1 atom stereocenters. The van der Waals surface area contributed by atoms with Crippen molar-refractivity contribution in [3.63, 3.8) is 0 Å². The Morgan fingerprint density at radius 3 is 1.90 bits per heavy atom. The maximum absolute atomic E-state index is 13.0. The zero-order valence-electron chi connectivity index (χ0n) is 29.5. The van der Waals surface area contributed by atoms with Gasteiger partial charge in [0.05, 0.1) is 24.4 Å². The summed E-state index contributed by atoms with van der Waals surface area (Å²) in [6.07, 6.45) is 2.98. The smallest absolute Gasteiger partial charge is 0.337 e. The summed E-state index contributed by atoms with van der Waals surface area (Å²) >= 11 is 0. The molecule has 8 heteroatoms. The Balaban J connectivity index is 1.20. The van der Waals surface area contributed by atoms with Crippen LogP contribution in [0.25, 0.3) is 22.5 Å². The molecule has 1 unspecified atom stereocenters. The monoisotopic (exact) mass is 684 g/mol. The highest BCUT2D eigenvalue weighted by atomic mass is 16.5. The van der Waals surface area contributed by atoms with E-state index >= 15 is 0 Å². The van der Waals surface area contributed by atoms with Crippen molar-refractivity contribution in [2.24, 2.45) is 0 Å². The number of hydrogen-bond donors (Lipinski definition) is 1. The molecule has 258 valence electrons. The summed E-state index contributed by atoms with van der Waals surface area (Å²) in [5.74, 6) is 0.225. The van der Waals surface area contributed by atoms with E-state index in [4.69, 9.17) is 20.1 Å². The lowest BCUT2D eigenvalue weighted by Crippen LogP contribution is -2.39. The van der Waals surface area contributed by atoms with Crippen LogP contribution in [0.2, 0.25) is 0 Å². The van der Waals surface area contributed by atoms with Crippen LogP contribution >= 0.6 is 0 Å². The molecule has 8 nitrogen and oxygen atoms in total. The molecule has 1 aromatic heterocycles. The number of ether oxygens (including phenoxy) is 1. The highest BCUT2D eigenvalue weighted by molar-refractivity contribution is 5.93. The van der Waals surface area contributed by atoms with Crippen molar-refractivity contribution >= 4 is 11.7 Å². The second kappa shape index (κ2) is 13.8. The van der Waals surface area contributed by atoms with Crippen molar-refractivity contribution in [1.29, 1.82) is 0 Å². The zero-order chi connectivity index (χ0) is 35.7. The van der Waals surface area contributed by atoms with Gasteiger partial charge in [0.25, 0.3) is 0 Å². The molecule has 0 fully saturated rings. The average Bonchev–Trinajstić information content (AvgIpc) is 3.89. The molecule has 8 rings (SSSR count). The first kappa shape index (κ1) is 32.9. The van der Waals surface area contributed by atoms with Crippen LogP contribution in [-0.2, 0) is 15.1 Å². The van der Waals surface area contributed by atoms with Gasteiger partial charge in [-0.25, -0.2) is 4.79 Å². The number of carbonyl (C=O) groups is 1. The van der Waals surface area contributed by atoms with Crippen molar-refractivity contribution in [1.82, 2.24) is 25.5 Å². The van der Waals surface area contributed by atoms with E-state index in [-0.39, 0.29) is 12.0 Å². The number of rotatable bonds is 9. The molecule has 2 aliphatic rings. The van der Waals surface area contributed by atoms with Crippen LogP contribution in [0.1, 0.15) is 42.9 Å². The fraction of sp³-hybridized carbons (Fsp3) is 0.182. The maximum atomic E-state index is 13.0. The topological polar surface area (TPSA) is 85.2 Å². The third kappa shape index (κ3) is 5.57. The van der Waals surface area contributed by atoms with Crippen LogP contribution in [0.4, 0.5) is 5.69 Å². The molecule has 2 heterocycles. The number of aromatic nitrogens is 4. The van der Waals surface area contributed by atoms with Crippen molar-refractivity contribution in [2.45, 2.75) is 37.8 Å². The van der Waals surface area contributed by atoms with Crippen molar-refractivity contribution in [3.8, 4) is 22.5 Å². The molecule has 0 saturated carbocycles. The van der Waals surface area contributed by atoms with E-state index in [9.17, 15) is 4.79 Å². The van der Waals surface area contributed by atoms with Crippen LogP contribution in [0, 0.1) is 0 Å². The molecular weight excluding hydrogens is 645 g/mol. The van der Waals surface area contributed by atoms with Crippen molar-refractivity contribution in [2.75, 3.05) is 19.1 Å². The van der Waals surface area contributed by atoms with E-state index in [1.807, 2.05) is 86.8 Å². The summed E-state index contributed by atoms with van der Waals surface area (Å²) in [6.45, 7) is 2.02. The van der Waals surface area contributed by atoms with Gasteiger partial charge in [0.15, 0.2) is 5.54 Å². The second-order valence-electron chi connectivity index (χ2n) is 13.3. The minimum atomic E-state index is -0.866. The normalized spacial score (nSPS) is 15.6. The molecule has 0 radical (unpaired) electrons. The number of anilines is 1. The SMILES string of the molecule is COC(=O)C1=C(N(C)c2ccc(-c3ccccc3-c3nnn(C(c4ccccc4)(c4ccccc4)c4ccccc4)n3)cc2)C2=C(CCC2)NC1C. The lowest BCUT2D eigenvalue weighted by atomic mass is 9.77. The van der Waals surface area contributed by atoms with Gasteiger partial charge in [0, 0.05) is 24.0 Å². The maximum Gasteiger partial charge on any atom is 0.337 e. The quantitative estimate of drug-likeness (QED) is 0.122. The Hall–Kier alpha value is -6.28. The van der Waals surface area contributed by atoms with Crippen LogP contribution in [0.3, 0.4) is 0 Å². The largest absolute Gasteiger partial charge is 0.466 e. The Kier molecular flexibility index (Phi) is 8.73. The Labute approximate surface area is 304 Å². The molecule has 52 heavy (non-hydrogen) atoms. The minimum Gasteiger partial charge on any atom is -0.466 e. The minimum absolute atomic E-state index is 0.141. The first-order chi connectivity index (χ1) is 25.5. The summed E-state index contributed by atoms with van der Waals surface area (Å²) in [5.41, 5.74) is 10.1. The number of benzene rings is 5. The number of hydrogen-bond acceptors (Lipinski definition) is 7.